The largest absolute Gasteiger partial charge is 0.424 e. The lowest BCUT2D eigenvalue weighted by atomic mass is 10.1. The van der Waals surface area contributed by atoms with Crippen molar-refractivity contribution in [1.82, 2.24) is 9.97 Å². The molecule has 0 bridgehead atoms. The average Bonchev–Trinajstić information content (AvgIpc) is 3.45. The molecule has 0 unspecified atom stereocenters. The number of ether oxygens (including phenoxy) is 1. The number of amides is 1. The van der Waals surface area contributed by atoms with Crippen LogP contribution in [0, 0.1) is 12.8 Å². The summed E-state index contributed by atoms with van der Waals surface area (Å²) in [5.41, 5.74) is 2.73. The van der Waals surface area contributed by atoms with Crippen molar-refractivity contribution in [3.63, 3.8) is 0 Å². The van der Waals surface area contributed by atoms with Gasteiger partial charge in [0.05, 0.1) is 0 Å². The Kier molecular flexibility index (Phi) is 4.77. The molecule has 0 spiro atoms. The van der Waals surface area contributed by atoms with Crippen LogP contribution in [0.2, 0.25) is 5.02 Å². The second kappa shape index (κ2) is 7.37. The van der Waals surface area contributed by atoms with Crippen LogP contribution in [0.5, 0.6) is 11.8 Å². The molecule has 1 aliphatic rings. The number of nitrogens with one attached hydrogen (secondary N) is 1. The van der Waals surface area contributed by atoms with Crippen LogP contribution in [0.4, 0.5) is 5.69 Å². The number of anilines is 1. The molecule has 1 aliphatic carbocycles. The maximum Gasteiger partial charge on any atom is 0.322 e. The number of aryl methyl sites for hydroxylation is 1. The van der Waals surface area contributed by atoms with Crippen LogP contribution >= 0.6 is 11.6 Å². The topological polar surface area (TPSA) is 64.1 Å². The number of halogens is 1. The van der Waals surface area contributed by atoms with E-state index in [9.17, 15) is 4.79 Å². The van der Waals surface area contributed by atoms with Gasteiger partial charge in [0.1, 0.15) is 5.75 Å². The molecular weight excluding hydrogens is 362 g/mol. The molecule has 1 amide bonds. The van der Waals surface area contributed by atoms with Crippen molar-refractivity contribution in [3.05, 3.63) is 77.1 Å². The molecule has 1 aromatic heterocycles. The van der Waals surface area contributed by atoms with E-state index in [0.717, 1.165) is 23.4 Å². The van der Waals surface area contributed by atoms with E-state index < -0.39 is 0 Å². The molecular formula is C21H18ClN3O2. The first kappa shape index (κ1) is 17.5. The molecule has 136 valence electrons. The van der Waals surface area contributed by atoms with Gasteiger partial charge in [0.25, 0.3) is 0 Å². The van der Waals surface area contributed by atoms with Crippen molar-refractivity contribution in [1.29, 1.82) is 0 Å². The molecule has 2 aromatic carbocycles. The number of hydrogen-bond donors (Lipinski definition) is 1. The molecule has 1 heterocycles. The third-order valence-electron chi connectivity index (χ3n) is 4.53. The van der Waals surface area contributed by atoms with Crippen LogP contribution in [-0.2, 0) is 4.79 Å². The average molecular weight is 380 g/mol. The standard InChI is InChI=1S/C21H18ClN3O2/c1-13-10-11-23-21(24-13)27-17-8-6-16(7-9-17)25-20(26)19-12-18(19)14-2-4-15(22)5-3-14/h2-11,18-19H,12H2,1H3,(H,25,26)/t18-,19+/m0/s1. The Morgan fingerprint density at radius 3 is 2.56 bits per heavy atom. The summed E-state index contributed by atoms with van der Waals surface area (Å²) in [7, 11) is 0. The molecule has 0 aliphatic heterocycles. The first-order valence-corrected chi connectivity index (χ1v) is 9.10. The van der Waals surface area contributed by atoms with Gasteiger partial charge in [-0.05, 0) is 67.3 Å². The van der Waals surface area contributed by atoms with Crippen molar-refractivity contribution in [2.75, 3.05) is 5.32 Å². The van der Waals surface area contributed by atoms with Gasteiger partial charge in [-0.2, -0.15) is 0 Å². The fraction of sp³-hybridized carbons (Fsp3) is 0.190. The lowest BCUT2D eigenvalue weighted by Gasteiger charge is -2.07. The smallest absolute Gasteiger partial charge is 0.322 e. The number of nitrogens with zero attached hydrogens (tertiary/aromatic N) is 2. The molecule has 1 fully saturated rings. The lowest BCUT2D eigenvalue weighted by molar-refractivity contribution is -0.117. The third kappa shape index (κ3) is 4.26. The Morgan fingerprint density at radius 2 is 1.85 bits per heavy atom. The summed E-state index contributed by atoms with van der Waals surface area (Å²) in [4.78, 5) is 20.7. The summed E-state index contributed by atoms with van der Waals surface area (Å²) in [6.45, 7) is 1.88. The molecule has 3 aromatic rings. The highest BCUT2D eigenvalue weighted by Crippen LogP contribution is 2.48. The zero-order chi connectivity index (χ0) is 18.8. The van der Waals surface area contributed by atoms with Gasteiger partial charge in [-0.3, -0.25) is 4.79 Å². The van der Waals surface area contributed by atoms with Crippen LogP contribution < -0.4 is 10.1 Å². The number of hydrogen-bond acceptors (Lipinski definition) is 4. The summed E-state index contributed by atoms with van der Waals surface area (Å²) in [6, 6.07) is 17.0. The summed E-state index contributed by atoms with van der Waals surface area (Å²) < 4.78 is 5.62. The van der Waals surface area contributed by atoms with E-state index >= 15 is 0 Å². The fourth-order valence-corrected chi connectivity index (χ4v) is 3.11. The van der Waals surface area contributed by atoms with Gasteiger partial charge < -0.3 is 10.1 Å². The lowest BCUT2D eigenvalue weighted by Crippen LogP contribution is -2.14. The minimum absolute atomic E-state index is 0.00259. The molecule has 0 radical (unpaired) electrons. The highest BCUT2D eigenvalue weighted by atomic mass is 35.5. The number of carbonyl (C=O) groups is 1. The van der Waals surface area contributed by atoms with E-state index in [0.29, 0.717) is 16.8 Å². The second-order valence-electron chi connectivity index (χ2n) is 6.60. The fourth-order valence-electron chi connectivity index (χ4n) is 2.98. The van der Waals surface area contributed by atoms with Crippen molar-refractivity contribution < 1.29 is 9.53 Å². The quantitative estimate of drug-likeness (QED) is 0.679. The van der Waals surface area contributed by atoms with E-state index in [1.807, 2.05) is 43.3 Å². The SMILES string of the molecule is Cc1ccnc(Oc2ccc(NC(=O)[C@@H]3C[C@H]3c3ccc(Cl)cc3)cc2)n1. The second-order valence-corrected chi connectivity index (χ2v) is 7.03. The maximum atomic E-state index is 12.5. The van der Waals surface area contributed by atoms with E-state index in [4.69, 9.17) is 16.3 Å². The molecule has 0 saturated heterocycles. The van der Waals surface area contributed by atoms with Crippen LogP contribution in [0.25, 0.3) is 0 Å². The maximum absolute atomic E-state index is 12.5. The number of rotatable bonds is 5. The minimum atomic E-state index is 0.00259. The zero-order valence-electron chi connectivity index (χ0n) is 14.7. The summed E-state index contributed by atoms with van der Waals surface area (Å²) in [5, 5.41) is 3.67. The van der Waals surface area contributed by atoms with E-state index in [1.165, 1.54) is 0 Å². The van der Waals surface area contributed by atoms with Crippen LogP contribution in [0.3, 0.4) is 0 Å². The predicted molar refractivity (Wildman–Crippen MR) is 104 cm³/mol. The van der Waals surface area contributed by atoms with Gasteiger partial charge in [-0.1, -0.05) is 23.7 Å². The van der Waals surface area contributed by atoms with Crippen molar-refractivity contribution >= 4 is 23.2 Å². The molecule has 4 rings (SSSR count). The molecule has 1 N–H and O–H groups in total. The normalized spacial score (nSPS) is 18.0. The van der Waals surface area contributed by atoms with Crippen LogP contribution in [0.1, 0.15) is 23.6 Å². The summed E-state index contributed by atoms with van der Waals surface area (Å²) >= 11 is 5.92. The highest BCUT2D eigenvalue weighted by Gasteiger charge is 2.43. The minimum Gasteiger partial charge on any atom is -0.424 e. The van der Waals surface area contributed by atoms with Crippen molar-refractivity contribution in [3.8, 4) is 11.8 Å². The molecule has 2 atom stereocenters. The highest BCUT2D eigenvalue weighted by molar-refractivity contribution is 6.30. The van der Waals surface area contributed by atoms with Crippen LogP contribution in [-0.4, -0.2) is 15.9 Å². The van der Waals surface area contributed by atoms with Crippen molar-refractivity contribution in [2.24, 2.45) is 5.92 Å². The number of benzene rings is 2. The van der Waals surface area contributed by atoms with Gasteiger partial charge in [-0.25, -0.2) is 9.97 Å². The molecule has 5 nitrogen and oxygen atoms in total. The first-order chi connectivity index (χ1) is 13.1. The molecule has 27 heavy (non-hydrogen) atoms. The molecule has 6 heteroatoms. The Hall–Kier alpha value is -2.92. The van der Waals surface area contributed by atoms with E-state index in [-0.39, 0.29) is 17.7 Å². The van der Waals surface area contributed by atoms with Gasteiger partial charge >= 0.3 is 6.01 Å². The van der Waals surface area contributed by atoms with E-state index in [2.05, 4.69) is 15.3 Å². The monoisotopic (exact) mass is 379 g/mol. The van der Waals surface area contributed by atoms with Gasteiger partial charge in [-0.15, -0.1) is 0 Å². The van der Waals surface area contributed by atoms with Gasteiger partial charge in [0, 0.05) is 28.5 Å². The first-order valence-electron chi connectivity index (χ1n) is 8.72. The Labute approximate surface area is 162 Å². The van der Waals surface area contributed by atoms with Crippen molar-refractivity contribution in [2.45, 2.75) is 19.3 Å². The Balaban J connectivity index is 1.34. The summed E-state index contributed by atoms with van der Waals surface area (Å²) in [6.07, 6.45) is 2.51. The van der Waals surface area contributed by atoms with E-state index in [1.54, 1.807) is 24.4 Å². The van der Waals surface area contributed by atoms with Gasteiger partial charge in [0.2, 0.25) is 5.91 Å². The third-order valence-corrected chi connectivity index (χ3v) is 4.78. The Morgan fingerprint density at radius 1 is 1.11 bits per heavy atom. The Bertz CT molecular complexity index is 958. The number of aromatic nitrogens is 2. The zero-order valence-corrected chi connectivity index (χ0v) is 15.5. The van der Waals surface area contributed by atoms with Gasteiger partial charge in [0.15, 0.2) is 0 Å². The molecule has 1 saturated carbocycles. The summed E-state index contributed by atoms with van der Waals surface area (Å²) in [5.74, 6) is 0.917. The van der Waals surface area contributed by atoms with Crippen LogP contribution in [0.15, 0.2) is 60.8 Å². The predicted octanol–water partition coefficient (Wildman–Crippen LogP) is 4.97. The number of carbonyl (C=O) groups excluding carboxylic acids is 1.